The van der Waals surface area contributed by atoms with Crippen molar-refractivity contribution in [1.82, 2.24) is 9.55 Å². The molecule has 1 aliphatic rings. The topological polar surface area (TPSA) is 48.3 Å². The van der Waals surface area contributed by atoms with Gasteiger partial charge in [0.1, 0.15) is 23.5 Å². The van der Waals surface area contributed by atoms with Crippen molar-refractivity contribution in [3.8, 4) is 22.9 Å². The van der Waals surface area contributed by atoms with Crippen LogP contribution in [0, 0.1) is 0 Å². The first kappa shape index (κ1) is 15.8. The molecule has 0 fully saturated rings. The fourth-order valence-electron chi connectivity index (χ4n) is 3.78. The van der Waals surface area contributed by atoms with Crippen LogP contribution in [0.1, 0.15) is 11.7 Å². The van der Waals surface area contributed by atoms with Crippen LogP contribution in [-0.4, -0.2) is 23.8 Å². The molecule has 3 aromatic carbocycles. The van der Waals surface area contributed by atoms with E-state index in [1.165, 1.54) is 0 Å². The Hall–Kier alpha value is -3.47. The second kappa shape index (κ2) is 6.06. The molecule has 5 heteroatoms. The highest BCUT2D eigenvalue weighted by molar-refractivity contribution is 5.87. The average molecular weight is 357 g/mol. The van der Waals surface area contributed by atoms with Crippen LogP contribution in [0.3, 0.4) is 0 Å². The number of benzene rings is 3. The smallest absolute Gasteiger partial charge is 0.145 e. The molecule has 27 heavy (non-hydrogen) atoms. The molecule has 0 radical (unpaired) electrons. The summed E-state index contributed by atoms with van der Waals surface area (Å²) in [6.45, 7) is 0. The normalized spacial score (nSPS) is 15.0. The van der Waals surface area contributed by atoms with Gasteiger partial charge in [0.25, 0.3) is 0 Å². The Labute approximate surface area is 157 Å². The Morgan fingerprint density at radius 3 is 2.59 bits per heavy atom. The molecule has 0 aliphatic carbocycles. The van der Waals surface area contributed by atoms with E-state index < -0.39 is 0 Å². The molecular formula is C22H19N3O2. The molecule has 4 aromatic rings. The summed E-state index contributed by atoms with van der Waals surface area (Å²) in [5.74, 6) is 2.54. The van der Waals surface area contributed by atoms with Crippen LogP contribution in [0.25, 0.3) is 22.4 Å². The van der Waals surface area contributed by atoms with Gasteiger partial charge in [-0.25, -0.2) is 4.98 Å². The maximum absolute atomic E-state index is 5.66. The van der Waals surface area contributed by atoms with E-state index in [2.05, 4.69) is 28.1 Å². The summed E-state index contributed by atoms with van der Waals surface area (Å²) in [6.07, 6.45) is -0.160. The van der Waals surface area contributed by atoms with Gasteiger partial charge in [-0.15, -0.1) is 0 Å². The largest absolute Gasteiger partial charge is 0.497 e. The molecule has 5 rings (SSSR count). The van der Waals surface area contributed by atoms with E-state index in [0.29, 0.717) is 0 Å². The van der Waals surface area contributed by atoms with Crippen molar-refractivity contribution in [2.24, 2.45) is 0 Å². The summed E-state index contributed by atoms with van der Waals surface area (Å²) >= 11 is 0. The molecule has 1 atom stereocenters. The molecule has 0 unspecified atom stereocenters. The Kier molecular flexibility index (Phi) is 3.53. The quantitative estimate of drug-likeness (QED) is 0.578. The zero-order valence-electron chi connectivity index (χ0n) is 15.1. The molecule has 5 nitrogen and oxygen atoms in total. The van der Waals surface area contributed by atoms with Crippen molar-refractivity contribution in [3.63, 3.8) is 0 Å². The van der Waals surface area contributed by atoms with Crippen molar-refractivity contribution in [1.29, 1.82) is 0 Å². The minimum Gasteiger partial charge on any atom is -0.497 e. The van der Waals surface area contributed by atoms with Crippen molar-refractivity contribution >= 4 is 16.7 Å². The lowest BCUT2D eigenvalue weighted by Gasteiger charge is -2.31. The van der Waals surface area contributed by atoms with E-state index in [-0.39, 0.29) is 6.17 Å². The van der Waals surface area contributed by atoms with Crippen LogP contribution < -0.4 is 14.8 Å². The molecule has 134 valence electrons. The summed E-state index contributed by atoms with van der Waals surface area (Å²) in [6, 6.07) is 22.3. The number of nitrogens with one attached hydrogen (secondary N) is 1. The first-order valence-electron chi connectivity index (χ1n) is 8.85. The van der Waals surface area contributed by atoms with E-state index in [0.717, 1.165) is 45.2 Å². The van der Waals surface area contributed by atoms with Gasteiger partial charge in [-0.3, -0.25) is 4.57 Å². The summed E-state index contributed by atoms with van der Waals surface area (Å²) < 4.78 is 13.4. The van der Waals surface area contributed by atoms with Crippen molar-refractivity contribution in [3.05, 3.63) is 72.3 Å². The lowest BCUT2D eigenvalue weighted by atomic mass is 10.0. The average Bonchev–Trinajstić information content (AvgIpc) is 3.12. The Bertz CT molecular complexity index is 1150. The number of para-hydroxylation sites is 3. The van der Waals surface area contributed by atoms with Crippen LogP contribution in [0.5, 0.6) is 11.5 Å². The molecule has 0 bridgehead atoms. The number of rotatable bonds is 3. The first-order valence-corrected chi connectivity index (χ1v) is 8.85. The Morgan fingerprint density at radius 1 is 0.926 bits per heavy atom. The van der Waals surface area contributed by atoms with E-state index >= 15 is 0 Å². The highest BCUT2D eigenvalue weighted by Gasteiger charge is 2.30. The van der Waals surface area contributed by atoms with E-state index in [1.54, 1.807) is 14.2 Å². The van der Waals surface area contributed by atoms with Crippen molar-refractivity contribution in [2.75, 3.05) is 19.5 Å². The maximum atomic E-state index is 5.66. The second-order valence-corrected chi connectivity index (χ2v) is 6.49. The van der Waals surface area contributed by atoms with Gasteiger partial charge in [0.05, 0.1) is 25.3 Å². The zero-order valence-corrected chi connectivity index (χ0v) is 15.1. The molecule has 0 saturated heterocycles. The third-order valence-corrected chi connectivity index (χ3v) is 5.05. The third-order valence-electron chi connectivity index (χ3n) is 5.05. The molecule has 0 amide bonds. The molecule has 1 aromatic heterocycles. The number of fused-ring (bicyclic) bond motifs is 5. The SMILES string of the molecule is COc1ccc(OC)c([C@@H]2Nc3ccccc3-c3nc4ccccc4n32)c1. The molecular weight excluding hydrogens is 338 g/mol. The van der Waals surface area contributed by atoms with Crippen LogP contribution in [-0.2, 0) is 0 Å². The summed E-state index contributed by atoms with van der Waals surface area (Å²) in [7, 11) is 3.36. The highest BCUT2D eigenvalue weighted by Crippen LogP contribution is 2.43. The number of imidazole rings is 1. The first-order chi connectivity index (χ1) is 13.3. The number of nitrogens with zero attached hydrogens (tertiary/aromatic N) is 2. The van der Waals surface area contributed by atoms with Gasteiger partial charge in [0.15, 0.2) is 0 Å². The maximum Gasteiger partial charge on any atom is 0.145 e. The predicted octanol–water partition coefficient (Wildman–Crippen LogP) is 4.69. The molecule has 0 spiro atoms. The highest BCUT2D eigenvalue weighted by atomic mass is 16.5. The fourth-order valence-corrected chi connectivity index (χ4v) is 3.78. The molecule has 1 aliphatic heterocycles. The van der Waals surface area contributed by atoms with Crippen LogP contribution in [0.2, 0.25) is 0 Å². The van der Waals surface area contributed by atoms with Gasteiger partial charge in [-0.1, -0.05) is 24.3 Å². The molecule has 1 N–H and O–H groups in total. The zero-order chi connectivity index (χ0) is 18.4. The van der Waals surface area contributed by atoms with E-state index in [1.807, 2.05) is 48.5 Å². The standard InChI is InChI=1S/C22H19N3O2/c1-26-14-11-12-20(27-2)16(13-14)22-23-17-8-4-3-7-15(17)21-24-18-9-5-6-10-19(18)25(21)22/h3-13,22-23H,1-2H3/t22-/m1/s1. The Balaban J connectivity index is 1.82. The van der Waals surface area contributed by atoms with Crippen LogP contribution in [0.15, 0.2) is 66.7 Å². The number of aromatic nitrogens is 2. The van der Waals surface area contributed by atoms with Crippen LogP contribution >= 0.6 is 0 Å². The van der Waals surface area contributed by atoms with Gasteiger partial charge in [0, 0.05) is 16.8 Å². The summed E-state index contributed by atoms with van der Waals surface area (Å²) in [5.41, 5.74) is 5.18. The van der Waals surface area contributed by atoms with Gasteiger partial charge in [-0.05, 0) is 42.5 Å². The van der Waals surface area contributed by atoms with Crippen LogP contribution in [0.4, 0.5) is 5.69 Å². The minimum absolute atomic E-state index is 0.160. The molecule has 0 saturated carbocycles. The monoisotopic (exact) mass is 357 g/mol. The number of methoxy groups -OCH3 is 2. The summed E-state index contributed by atoms with van der Waals surface area (Å²) in [5, 5.41) is 3.66. The van der Waals surface area contributed by atoms with Gasteiger partial charge < -0.3 is 14.8 Å². The van der Waals surface area contributed by atoms with Crippen molar-refractivity contribution < 1.29 is 9.47 Å². The van der Waals surface area contributed by atoms with Gasteiger partial charge >= 0.3 is 0 Å². The lowest BCUT2D eigenvalue weighted by molar-refractivity contribution is 0.394. The minimum atomic E-state index is -0.160. The predicted molar refractivity (Wildman–Crippen MR) is 106 cm³/mol. The Morgan fingerprint density at radius 2 is 1.74 bits per heavy atom. The van der Waals surface area contributed by atoms with Gasteiger partial charge in [0.2, 0.25) is 0 Å². The summed E-state index contributed by atoms with van der Waals surface area (Å²) in [4.78, 5) is 4.92. The second-order valence-electron chi connectivity index (χ2n) is 6.49. The number of hydrogen-bond donors (Lipinski definition) is 1. The van der Waals surface area contributed by atoms with Gasteiger partial charge in [-0.2, -0.15) is 0 Å². The lowest BCUT2D eigenvalue weighted by Crippen LogP contribution is -2.25. The number of anilines is 1. The fraction of sp³-hybridized carbons (Fsp3) is 0.136. The van der Waals surface area contributed by atoms with Crippen molar-refractivity contribution in [2.45, 2.75) is 6.17 Å². The molecule has 2 heterocycles. The number of ether oxygens (including phenoxy) is 2. The number of hydrogen-bond acceptors (Lipinski definition) is 4. The van der Waals surface area contributed by atoms with E-state index in [9.17, 15) is 0 Å². The third kappa shape index (κ3) is 2.35. The van der Waals surface area contributed by atoms with E-state index in [4.69, 9.17) is 14.5 Å².